The quantitative estimate of drug-likeness (QED) is 0.463. The van der Waals surface area contributed by atoms with Crippen molar-refractivity contribution in [3.63, 3.8) is 0 Å². The molecule has 0 aliphatic carbocycles. The summed E-state index contributed by atoms with van der Waals surface area (Å²) in [6.45, 7) is -0.694. The van der Waals surface area contributed by atoms with E-state index >= 15 is 0 Å². The van der Waals surface area contributed by atoms with Gasteiger partial charge < -0.3 is 9.84 Å². The van der Waals surface area contributed by atoms with Gasteiger partial charge in [0, 0.05) is 0 Å². The lowest BCUT2D eigenvalue weighted by Gasteiger charge is -2.22. The van der Waals surface area contributed by atoms with Gasteiger partial charge in [-0.2, -0.15) is 39.5 Å². The molecule has 0 saturated carbocycles. The zero-order valence-electron chi connectivity index (χ0n) is 16.1. The summed E-state index contributed by atoms with van der Waals surface area (Å²) in [5, 5.41) is 9.33. The van der Waals surface area contributed by atoms with Crippen molar-refractivity contribution in [3.05, 3.63) is 53.1 Å². The van der Waals surface area contributed by atoms with E-state index < -0.39 is 65.0 Å². The molecule has 176 valence electrons. The van der Waals surface area contributed by atoms with Gasteiger partial charge in [0.15, 0.2) is 6.61 Å². The number of hydrogen-bond donors (Lipinski definition) is 1. The minimum atomic E-state index is -5.26. The molecule has 0 aromatic heterocycles. The number of rotatable bonds is 6. The van der Waals surface area contributed by atoms with E-state index in [1.807, 2.05) is 0 Å². The van der Waals surface area contributed by atoms with Crippen molar-refractivity contribution in [2.24, 2.45) is 0 Å². The molecule has 0 aliphatic heterocycles. The monoisotopic (exact) mass is 474 g/mol. The Balaban J connectivity index is 2.79. The molecule has 0 aliphatic rings. The molecular formula is C20H15F9O3. The summed E-state index contributed by atoms with van der Waals surface area (Å²) in [5.41, 5.74) is -4.33. The van der Waals surface area contributed by atoms with Gasteiger partial charge in [0.1, 0.15) is 11.3 Å². The van der Waals surface area contributed by atoms with Crippen LogP contribution in [0.25, 0.3) is 11.1 Å². The third-order valence-corrected chi connectivity index (χ3v) is 4.43. The van der Waals surface area contributed by atoms with Crippen LogP contribution in [0.2, 0.25) is 0 Å². The number of hydrogen-bond acceptors (Lipinski definition) is 2. The smallest absolute Gasteiger partial charge is 0.422 e. The minimum absolute atomic E-state index is 0.119. The number of carbonyl (C=O) groups is 1. The summed E-state index contributed by atoms with van der Waals surface area (Å²) in [7, 11) is 0. The van der Waals surface area contributed by atoms with Gasteiger partial charge in [0.2, 0.25) is 0 Å². The largest absolute Gasteiger partial charge is 0.483 e. The molecule has 2 rings (SSSR count). The highest BCUT2D eigenvalue weighted by molar-refractivity contribution is 5.79. The molecule has 0 bridgehead atoms. The minimum Gasteiger partial charge on any atom is -0.483 e. The molecule has 1 atom stereocenters. The van der Waals surface area contributed by atoms with Crippen LogP contribution in [0.3, 0.4) is 0 Å². The van der Waals surface area contributed by atoms with Crippen LogP contribution in [-0.2, 0) is 17.1 Å². The molecule has 0 radical (unpaired) electrons. The predicted octanol–water partition coefficient (Wildman–Crippen LogP) is 6.91. The van der Waals surface area contributed by atoms with E-state index in [2.05, 4.69) is 4.74 Å². The lowest BCUT2D eigenvalue weighted by molar-refractivity contribution is -0.158. The van der Waals surface area contributed by atoms with E-state index in [9.17, 15) is 49.4 Å². The maximum absolute atomic E-state index is 13.8. The van der Waals surface area contributed by atoms with Crippen LogP contribution >= 0.6 is 0 Å². The van der Waals surface area contributed by atoms with Gasteiger partial charge in [-0.3, -0.25) is 4.79 Å². The van der Waals surface area contributed by atoms with E-state index in [-0.39, 0.29) is 12.0 Å². The second kappa shape index (κ2) is 8.91. The number of carboxylic acids is 1. The Morgan fingerprint density at radius 1 is 0.938 bits per heavy atom. The van der Waals surface area contributed by atoms with Crippen molar-refractivity contribution >= 4 is 5.97 Å². The Morgan fingerprint density at radius 2 is 1.50 bits per heavy atom. The second-order valence-electron chi connectivity index (χ2n) is 6.72. The highest BCUT2D eigenvalue weighted by Crippen LogP contribution is 2.46. The fourth-order valence-corrected chi connectivity index (χ4v) is 3.02. The Labute approximate surface area is 175 Å². The molecular weight excluding hydrogens is 459 g/mol. The van der Waals surface area contributed by atoms with E-state index in [0.29, 0.717) is 30.3 Å². The fourth-order valence-electron chi connectivity index (χ4n) is 3.02. The summed E-state index contributed by atoms with van der Waals surface area (Å²) in [6, 6.07) is 3.79. The lowest BCUT2D eigenvalue weighted by Crippen LogP contribution is -2.22. The molecule has 1 N–H and O–H groups in total. The first-order chi connectivity index (χ1) is 14.5. The zero-order valence-corrected chi connectivity index (χ0v) is 16.1. The van der Waals surface area contributed by atoms with Gasteiger partial charge in [-0.25, -0.2) is 0 Å². The molecule has 0 saturated heterocycles. The third-order valence-electron chi connectivity index (χ3n) is 4.43. The molecule has 0 spiro atoms. The van der Waals surface area contributed by atoms with Crippen LogP contribution in [0.4, 0.5) is 39.5 Å². The van der Waals surface area contributed by atoms with Crippen LogP contribution in [0.5, 0.6) is 5.75 Å². The van der Waals surface area contributed by atoms with E-state index in [1.54, 1.807) is 0 Å². The predicted molar refractivity (Wildman–Crippen MR) is 94.1 cm³/mol. The highest BCUT2D eigenvalue weighted by Gasteiger charge is 2.40. The third kappa shape index (κ3) is 6.07. The molecule has 3 nitrogen and oxygen atoms in total. The average molecular weight is 474 g/mol. The van der Waals surface area contributed by atoms with Crippen molar-refractivity contribution < 1.29 is 54.2 Å². The Hall–Kier alpha value is -2.92. The van der Waals surface area contributed by atoms with Crippen LogP contribution in [0.1, 0.15) is 36.0 Å². The van der Waals surface area contributed by atoms with E-state index in [4.69, 9.17) is 0 Å². The number of aliphatic carboxylic acids is 1. The standard InChI is InChI=1S/C20H15F9O3/c1-2-13(17(30)31)11-7-14(10-3-5-12(6-4-10)19(24,25)26)16(20(27,28)29)15(8-11)32-9-18(21,22)23/h3-8,13H,2,9H2,1H3,(H,30,31). The molecule has 0 heterocycles. The number of carboxylic acid groups (broad SMARTS) is 1. The molecule has 0 fully saturated rings. The maximum Gasteiger partial charge on any atom is 0.422 e. The Kier molecular flexibility index (Phi) is 7.05. The van der Waals surface area contributed by atoms with E-state index in [0.717, 1.165) is 6.07 Å². The van der Waals surface area contributed by atoms with Crippen molar-refractivity contribution in [3.8, 4) is 16.9 Å². The number of benzene rings is 2. The van der Waals surface area contributed by atoms with Crippen molar-refractivity contribution in [1.82, 2.24) is 0 Å². The second-order valence-corrected chi connectivity index (χ2v) is 6.72. The van der Waals surface area contributed by atoms with E-state index in [1.165, 1.54) is 6.92 Å². The maximum atomic E-state index is 13.8. The SMILES string of the molecule is CCC(C(=O)O)c1cc(OCC(F)(F)F)c(C(F)(F)F)c(-c2ccc(C(F)(F)F)cc2)c1. The molecule has 12 heteroatoms. The fraction of sp³-hybridized carbons (Fsp3) is 0.350. The topological polar surface area (TPSA) is 46.5 Å². The molecule has 1 unspecified atom stereocenters. The van der Waals surface area contributed by atoms with Crippen LogP contribution in [0, 0.1) is 0 Å². The van der Waals surface area contributed by atoms with Gasteiger partial charge in [0.25, 0.3) is 0 Å². The highest BCUT2D eigenvalue weighted by atomic mass is 19.4. The van der Waals surface area contributed by atoms with Gasteiger partial charge in [-0.15, -0.1) is 0 Å². The molecule has 32 heavy (non-hydrogen) atoms. The van der Waals surface area contributed by atoms with Crippen molar-refractivity contribution in [1.29, 1.82) is 0 Å². The van der Waals surface area contributed by atoms with Crippen molar-refractivity contribution in [2.75, 3.05) is 6.61 Å². The van der Waals surface area contributed by atoms with Crippen LogP contribution < -0.4 is 4.74 Å². The number of ether oxygens (including phenoxy) is 1. The van der Waals surface area contributed by atoms with Crippen LogP contribution in [-0.4, -0.2) is 23.9 Å². The van der Waals surface area contributed by atoms with Crippen molar-refractivity contribution in [2.45, 2.75) is 37.8 Å². The summed E-state index contributed by atoms with van der Waals surface area (Å²) < 4.78 is 122. The average Bonchev–Trinajstić information content (AvgIpc) is 2.64. The lowest BCUT2D eigenvalue weighted by atomic mass is 9.89. The zero-order chi connectivity index (χ0) is 24.5. The Bertz CT molecular complexity index is 958. The Morgan fingerprint density at radius 3 is 1.91 bits per heavy atom. The van der Waals surface area contributed by atoms with Crippen LogP contribution in [0.15, 0.2) is 36.4 Å². The van der Waals surface area contributed by atoms with Gasteiger partial charge in [-0.05, 0) is 47.4 Å². The normalized spacial score (nSPS) is 13.7. The van der Waals surface area contributed by atoms with Gasteiger partial charge in [-0.1, -0.05) is 19.1 Å². The van der Waals surface area contributed by atoms with Gasteiger partial charge >= 0.3 is 24.5 Å². The number of halogens is 9. The first-order valence-corrected chi connectivity index (χ1v) is 8.89. The molecule has 2 aromatic carbocycles. The summed E-state index contributed by atoms with van der Waals surface area (Å²) in [5.74, 6) is -4.12. The first kappa shape index (κ1) is 25.3. The summed E-state index contributed by atoms with van der Waals surface area (Å²) in [6.07, 6.45) is -15.1. The summed E-state index contributed by atoms with van der Waals surface area (Å²) >= 11 is 0. The molecule has 0 amide bonds. The number of alkyl halides is 9. The molecule has 2 aromatic rings. The first-order valence-electron chi connectivity index (χ1n) is 8.89. The summed E-state index contributed by atoms with van der Waals surface area (Å²) in [4.78, 5) is 11.5. The van der Waals surface area contributed by atoms with Gasteiger partial charge in [0.05, 0.1) is 11.5 Å².